The van der Waals surface area contributed by atoms with Crippen LogP contribution >= 0.6 is 15.9 Å². The Morgan fingerprint density at radius 3 is 2.83 bits per heavy atom. The Labute approximate surface area is 116 Å². The number of benzene rings is 1. The fourth-order valence-corrected chi connectivity index (χ4v) is 2.21. The molecule has 3 heteroatoms. The van der Waals surface area contributed by atoms with E-state index in [1.165, 1.54) is 18.4 Å². The molecule has 1 aliphatic carbocycles. The van der Waals surface area contributed by atoms with E-state index >= 15 is 0 Å². The highest BCUT2D eigenvalue weighted by atomic mass is 79.9. The van der Waals surface area contributed by atoms with Crippen molar-refractivity contribution in [3.8, 4) is 11.3 Å². The lowest BCUT2D eigenvalue weighted by Gasteiger charge is -2.02. The molecule has 1 saturated carbocycles. The van der Waals surface area contributed by atoms with Crippen molar-refractivity contribution >= 4 is 15.9 Å². The summed E-state index contributed by atoms with van der Waals surface area (Å²) in [7, 11) is 0. The first kappa shape index (κ1) is 12.0. The Morgan fingerprint density at radius 2 is 2.11 bits per heavy atom. The Bertz CT molecular complexity index is 557. The van der Waals surface area contributed by atoms with Gasteiger partial charge in [-0.2, -0.15) is 0 Å². The Morgan fingerprint density at radius 1 is 1.28 bits per heavy atom. The summed E-state index contributed by atoms with van der Waals surface area (Å²) in [6.45, 7) is 2.92. The highest BCUT2D eigenvalue weighted by Gasteiger charge is 2.20. The molecule has 0 atom stereocenters. The molecule has 0 radical (unpaired) electrons. The molecule has 0 aliphatic heterocycles. The van der Waals surface area contributed by atoms with Crippen molar-refractivity contribution < 1.29 is 4.42 Å². The van der Waals surface area contributed by atoms with Gasteiger partial charge in [0.1, 0.15) is 11.5 Å². The van der Waals surface area contributed by atoms with Crippen LogP contribution in [0.4, 0.5) is 0 Å². The van der Waals surface area contributed by atoms with E-state index in [1.807, 2.05) is 6.07 Å². The molecule has 3 rings (SSSR count). The Kier molecular flexibility index (Phi) is 3.27. The van der Waals surface area contributed by atoms with Gasteiger partial charge in [0.05, 0.1) is 6.54 Å². The van der Waals surface area contributed by atoms with Crippen LogP contribution in [-0.2, 0) is 6.54 Å². The van der Waals surface area contributed by atoms with Crippen molar-refractivity contribution in [2.75, 3.05) is 0 Å². The van der Waals surface area contributed by atoms with E-state index in [0.29, 0.717) is 6.04 Å². The molecule has 1 aliphatic rings. The number of halogens is 1. The average molecular weight is 306 g/mol. The van der Waals surface area contributed by atoms with Gasteiger partial charge in [0.25, 0.3) is 0 Å². The maximum atomic E-state index is 5.86. The zero-order chi connectivity index (χ0) is 12.5. The topological polar surface area (TPSA) is 25.2 Å². The quantitative estimate of drug-likeness (QED) is 0.912. The van der Waals surface area contributed by atoms with Crippen LogP contribution in [0.25, 0.3) is 11.3 Å². The monoisotopic (exact) mass is 305 g/mol. The van der Waals surface area contributed by atoms with E-state index in [0.717, 1.165) is 28.1 Å². The Balaban J connectivity index is 1.76. The second kappa shape index (κ2) is 4.90. The lowest BCUT2D eigenvalue weighted by Crippen LogP contribution is -2.14. The van der Waals surface area contributed by atoms with Gasteiger partial charge in [0.2, 0.25) is 0 Å². The summed E-state index contributed by atoms with van der Waals surface area (Å²) in [6.07, 6.45) is 2.61. The molecule has 1 N–H and O–H groups in total. The number of furan rings is 1. The Hall–Kier alpha value is -1.06. The highest BCUT2D eigenvalue weighted by molar-refractivity contribution is 9.10. The van der Waals surface area contributed by atoms with Gasteiger partial charge in [0, 0.05) is 16.1 Å². The maximum Gasteiger partial charge on any atom is 0.134 e. The van der Waals surface area contributed by atoms with Crippen LogP contribution in [0.3, 0.4) is 0 Å². The van der Waals surface area contributed by atoms with Crippen LogP contribution in [0.1, 0.15) is 24.2 Å². The largest absolute Gasteiger partial charge is 0.460 e. The minimum Gasteiger partial charge on any atom is -0.460 e. The zero-order valence-corrected chi connectivity index (χ0v) is 12.0. The van der Waals surface area contributed by atoms with Crippen LogP contribution in [-0.4, -0.2) is 6.04 Å². The van der Waals surface area contributed by atoms with Crippen LogP contribution in [0.5, 0.6) is 0 Å². The van der Waals surface area contributed by atoms with Crippen molar-refractivity contribution in [1.82, 2.24) is 5.32 Å². The lowest BCUT2D eigenvalue weighted by atomic mass is 10.1. The molecular formula is C15H16BrNO. The second-order valence-electron chi connectivity index (χ2n) is 4.89. The number of hydrogen-bond acceptors (Lipinski definition) is 2. The second-order valence-corrected chi connectivity index (χ2v) is 5.74. The minimum absolute atomic E-state index is 0.716. The first-order valence-electron chi connectivity index (χ1n) is 6.31. The molecule has 2 aromatic rings. The van der Waals surface area contributed by atoms with Crippen molar-refractivity contribution in [1.29, 1.82) is 0 Å². The zero-order valence-electron chi connectivity index (χ0n) is 10.4. The fraction of sp³-hybridized carbons (Fsp3) is 0.333. The lowest BCUT2D eigenvalue weighted by molar-refractivity contribution is 0.492. The van der Waals surface area contributed by atoms with Crippen LogP contribution in [0.2, 0.25) is 0 Å². The van der Waals surface area contributed by atoms with Crippen molar-refractivity contribution in [3.63, 3.8) is 0 Å². The molecule has 0 saturated heterocycles. The molecule has 0 spiro atoms. The van der Waals surface area contributed by atoms with Gasteiger partial charge in [-0.05, 0) is 49.6 Å². The van der Waals surface area contributed by atoms with E-state index < -0.39 is 0 Å². The standard InChI is InChI=1S/C15H16BrNO/c1-10-8-11(2-6-14(10)16)15-7-5-13(18-15)9-17-12-3-4-12/h2,5-8,12,17H,3-4,9H2,1H3. The van der Waals surface area contributed by atoms with Crippen LogP contribution in [0.15, 0.2) is 39.2 Å². The highest BCUT2D eigenvalue weighted by Crippen LogP contribution is 2.27. The summed E-state index contributed by atoms with van der Waals surface area (Å²) in [5, 5.41) is 3.46. The third kappa shape index (κ3) is 2.68. The van der Waals surface area contributed by atoms with Gasteiger partial charge in [0.15, 0.2) is 0 Å². The van der Waals surface area contributed by atoms with Crippen molar-refractivity contribution in [2.45, 2.75) is 32.4 Å². The van der Waals surface area contributed by atoms with Gasteiger partial charge >= 0.3 is 0 Å². The van der Waals surface area contributed by atoms with Gasteiger partial charge in [-0.15, -0.1) is 0 Å². The molecule has 0 amide bonds. The number of hydrogen-bond donors (Lipinski definition) is 1. The molecule has 0 unspecified atom stereocenters. The summed E-state index contributed by atoms with van der Waals surface area (Å²) in [6, 6.07) is 11.1. The smallest absolute Gasteiger partial charge is 0.134 e. The molecule has 94 valence electrons. The SMILES string of the molecule is Cc1cc(-c2ccc(CNC3CC3)o2)ccc1Br. The summed E-state index contributed by atoms with van der Waals surface area (Å²) in [4.78, 5) is 0. The molecule has 0 bridgehead atoms. The van der Waals surface area contributed by atoms with Gasteiger partial charge < -0.3 is 9.73 Å². The predicted octanol–water partition coefficient (Wildman–Crippen LogP) is 4.27. The molecule has 18 heavy (non-hydrogen) atoms. The first-order chi connectivity index (χ1) is 8.72. The third-order valence-electron chi connectivity index (χ3n) is 3.25. The number of rotatable bonds is 4. The van der Waals surface area contributed by atoms with Crippen molar-refractivity contribution in [3.05, 3.63) is 46.1 Å². The molecule has 1 aromatic heterocycles. The summed E-state index contributed by atoms with van der Waals surface area (Å²) >= 11 is 3.51. The van der Waals surface area contributed by atoms with Crippen LogP contribution in [0, 0.1) is 6.92 Å². The first-order valence-corrected chi connectivity index (χ1v) is 7.10. The van der Waals surface area contributed by atoms with Crippen molar-refractivity contribution in [2.24, 2.45) is 0 Å². The summed E-state index contributed by atoms with van der Waals surface area (Å²) in [5.74, 6) is 1.95. The molecule has 1 fully saturated rings. The summed E-state index contributed by atoms with van der Waals surface area (Å²) in [5.41, 5.74) is 2.36. The number of nitrogens with one attached hydrogen (secondary N) is 1. The van der Waals surface area contributed by atoms with Gasteiger partial charge in [-0.3, -0.25) is 0 Å². The fourth-order valence-electron chi connectivity index (χ4n) is 1.96. The molecule has 2 nitrogen and oxygen atoms in total. The van der Waals surface area contributed by atoms with E-state index in [4.69, 9.17) is 4.42 Å². The predicted molar refractivity (Wildman–Crippen MR) is 76.4 cm³/mol. The number of aryl methyl sites for hydroxylation is 1. The minimum atomic E-state index is 0.716. The van der Waals surface area contributed by atoms with E-state index in [-0.39, 0.29) is 0 Å². The van der Waals surface area contributed by atoms with E-state index in [9.17, 15) is 0 Å². The third-order valence-corrected chi connectivity index (χ3v) is 4.14. The van der Waals surface area contributed by atoms with Crippen LogP contribution < -0.4 is 5.32 Å². The average Bonchev–Trinajstić information content (AvgIpc) is 3.08. The van der Waals surface area contributed by atoms with E-state index in [2.05, 4.69) is 52.4 Å². The normalized spacial score (nSPS) is 15.0. The molecule has 1 aromatic carbocycles. The van der Waals surface area contributed by atoms with E-state index in [1.54, 1.807) is 0 Å². The summed E-state index contributed by atoms with van der Waals surface area (Å²) < 4.78 is 7.00. The van der Waals surface area contributed by atoms with Gasteiger partial charge in [-0.1, -0.05) is 22.0 Å². The molecule has 1 heterocycles. The maximum absolute atomic E-state index is 5.86. The van der Waals surface area contributed by atoms with Gasteiger partial charge in [-0.25, -0.2) is 0 Å². The molecular weight excluding hydrogens is 290 g/mol.